The van der Waals surface area contributed by atoms with Crippen molar-refractivity contribution in [2.45, 2.75) is 62.4 Å². The lowest BCUT2D eigenvalue weighted by molar-refractivity contribution is -0.123. The summed E-state index contributed by atoms with van der Waals surface area (Å²) >= 11 is 0. The molecule has 0 saturated heterocycles. The maximum atomic E-state index is 13.9. The van der Waals surface area contributed by atoms with Crippen LogP contribution in [0.4, 0.5) is 4.39 Å². The van der Waals surface area contributed by atoms with Crippen LogP contribution in [0.5, 0.6) is 11.5 Å². The zero-order valence-corrected chi connectivity index (χ0v) is 25.3. The fourth-order valence-electron chi connectivity index (χ4n) is 6.71. The molecule has 45 heavy (non-hydrogen) atoms. The number of methoxy groups -OCH3 is 1. The van der Waals surface area contributed by atoms with E-state index >= 15 is 0 Å². The highest BCUT2D eigenvalue weighted by molar-refractivity contribution is 5.95. The van der Waals surface area contributed by atoms with Gasteiger partial charge in [-0.05, 0) is 74.9 Å². The Morgan fingerprint density at radius 2 is 1.89 bits per heavy atom. The summed E-state index contributed by atoms with van der Waals surface area (Å²) in [7, 11) is 1.54. The predicted octanol–water partition coefficient (Wildman–Crippen LogP) is 4.36. The predicted molar refractivity (Wildman–Crippen MR) is 164 cm³/mol. The number of aromatic nitrogens is 3. The molecule has 10 nitrogen and oxygen atoms in total. The van der Waals surface area contributed by atoms with Crippen LogP contribution in [0.1, 0.15) is 78.7 Å². The normalized spacial score (nSPS) is 20.9. The number of imidazole rings is 1. The molecular formula is C34H36FN5O5. The highest BCUT2D eigenvalue weighted by atomic mass is 19.1. The van der Waals surface area contributed by atoms with Gasteiger partial charge in [0.15, 0.2) is 11.4 Å². The van der Waals surface area contributed by atoms with Crippen LogP contribution in [-0.2, 0) is 15.8 Å². The van der Waals surface area contributed by atoms with Gasteiger partial charge in [0.1, 0.15) is 34.9 Å². The van der Waals surface area contributed by atoms with E-state index < -0.39 is 28.6 Å². The number of rotatable bonds is 9. The number of nitrogens with one attached hydrogen (secondary N) is 1. The van der Waals surface area contributed by atoms with Crippen molar-refractivity contribution in [1.82, 2.24) is 19.7 Å². The number of halogens is 1. The molecule has 0 bridgehead atoms. The Hall–Kier alpha value is -4.51. The van der Waals surface area contributed by atoms with Gasteiger partial charge in [-0.25, -0.2) is 14.4 Å². The third-order valence-corrected chi connectivity index (χ3v) is 9.74. The number of carbonyl (C=O) groups is 2. The number of nitrogens with two attached hydrogens (primary N) is 1. The second kappa shape index (κ2) is 10.8. The zero-order valence-electron chi connectivity index (χ0n) is 25.3. The molecule has 11 heteroatoms. The number of hydrogen-bond acceptors (Lipinski definition) is 7. The number of benzene rings is 1. The van der Waals surface area contributed by atoms with Crippen LogP contribution in [0, 0.1) is 11.7 Å². The molecule has 0 spiro atoms. The van der Waals surface area contributed by atoms with E-state index in [2.05, 4.69) is 5.32 Å². The first-order valence-corrected chi connectivity index (χ1v) is 15.4. The molecule has 3 aromatic heterocycles. The van der Waals surface area contributed by atoms with E-state index in [1.54, 1.807) is 44.5 Å². The molecule has 2 amide bonds. The molecule has 2 aliphatic carbocycles. The minimum Gasteiger partial charge on any atom is -0.493 e. The lowest BCUT2D eigenvalue weighted by Crippen LogP contribution is -2.46. The second-order valence-corrected chi connectivity index (χ2v) is 12.8. The van der Waals surface area contributed by atoms with Gasteiger partial charge in [-0.1, -0.05) is 12.8 Å². The highest BCUT2D eigenvalue weighted by Crippen LogP contribution is 2.48. The summed E-state index contributed by atoms with van der Waals surface area (Å²) in [5.41, 5.74) is 6.82. The first-order chi connectivity index (χ1) is 21.6. The Labute approximate surface area is 259 Å². The van der Waals surface area contributed by atoms with Gasteiger partial charge in [0.2, 0.25) is 5.91 Å². The molecule has 3 aliphatic rings. The van der Waals surface area contributed by atoms with Crippen LogP contribution in [0.2, 0.25) is 0 Å². The van der Waals surface area contributed by atoms with Gasteiger partial charge in [-0.3, -0.25) is 9.59 Å². The molecule has 0 radical (unpaired) electrons. The number of nitrogens with zero attached hydrogens (tertiary/aromatic N) is 3. The highest BCUT2D eigenvalue weighted by Gasteiger charge is 2.47. The van der Waals surface area contributed by atoms with Crippen molar-refractivity contribution in [2.24, 2.45) is 11.7 Å². The average Bonchev–Trinajstić information content (AvgIpc) is 3.40. The van der Waals surface area contributed by atoms with Crippen LogP contribution in [0.25, 0.3) is 16.9 Å². The fourth-order valence-corrected chi connectivity index (χ4v) is 6.71. The van der Waals surface area contributed by atoms with Crippen molar-refractivity contribution in [2.75, 3.05) is 20.3 Å². The Bertz CT molecular complexity index is 1810. The van der Waals surface area contributed by atoms with Crippen LogP contribution in [0.15, 0.2) is 48.8 Å². The SMILES string of the molecule is COc1cc(C(=O)NC[C@](O)(c2cc3c(c(-c4ccc(F)cc4)n2)OC[C@]3(C)C(N)=O)C2CCCC2)cn2cc(C3CC3)nc12. The lowest BCUT2D eigenvalue weighted by atomic mass is 9.78. The number of aliphatic hydroxyl groups is 1. The molecule has 2 saturated carbocycles. The quantitative estimate of drug-likeness (QED) is 0.255. The maximum Gasteiger partial charge on any atom is 0.253 e. The molecule has 1 aromatic carbocycles. The summed E-state index contributed by atoms with van der Waals surface area (Å²) in [6, 6.07) is 9.14. The molecule has 0 unspecified atom stereocenters. The lowest BCUT2D eigenvalue weighted by Gasteiger charge is -2.35. The molecule has 7 rings (SSSR count). The summed E-state index contributed by atoms with van der Waals surface area (Å²) in [4.78, 5) is 35.9. The minimum atomic E-state index is -1.58. The Balaban J connectivity index is 1.28. The first kappa shape index (κ1) is 29.2. The van der Waals surface area contributed by atoms with Crippen molar-refractivity contribution in [3.8, 4) is 22.8 Å². The summed E-state index contributed by atoms with van der Waals surface area (Å²) < 4.78 is 27.2. The van der Waals surface area contributed by atoms with Crippen molar-refractivity contribution in [1.29, 1.82) is 0 Å². The van der Waals surface area contributed by atoms with Gasteiger partial charge in [0.25, 0.3) is 5.91 Å². The maximum absolute atomic E-state index is 13.9. The van der Waals surface area contributed by atoms with Gasteiger partial charge in [-0.15, -0.1) is 0 Å². The number of amides is 2. The zero-order chi connectivity index (χ0) is 31.5. The van der Waals surface area contributed by atoms with Crippen LogP contribution >= 0.6 is 0 Å². The number of fused-ring (bicyclic) bond motifs is 2. The number of primary amides is 1. The van der Waals surface area contributed by atoms with Crippen LogP contribution in [0.3, 0.4) is 0 Å². The van der Waals surface area contributed by atoms with Gasteiger partial charge >= 0.3 is 0 Å². The first-order valence-electron chi connectivity index (χ1n) is 15.4. The van der Waals surface area contributed by atoms with Gasteiger partial charge in [-0.2, -0.15) is 0 Å². The summed E-state index contributed by atoms with van der Waals surface area (Å²) in [6.45, 7) is 1.58. The van der Waals surface area contributed by atoms with E-state index in [0.29, 0.717) is 51.1 Å². The van der Waals surface area contributed by atoms with Crippen molar-refractivity contribution >= 4 is 17.5 Å². The Morgan fingerprint density at radius 1 is 1.16 bits per heavy atom. The van der Waals surface area contributed by atoms with E-state index in [1.165, 1.54) is 12.1 Å². The van der Waals surface area contributed by atoms with Crippen molar-refractivity contribution < 1.29 is 28.6 Å². The van der Waals surface area contributed by atoms with E-state index in [9.17, 15) is 19.1 Å². The molecular weight excluding hydrogens is 577 g/mol. The van der Waals surface area contributed by atoms with Gasteiger partial charge in [0, 0.05) is 29.4 Å². The smallest absolute Gasteiger partial charge is 0.253 e. The number of pyridine rings is 2. The van der Waals surface area contributed by atoms with E-state index in [4.69, 9.17) is 25.2 Å². The number of ether oxygens (including phenoxy) is 2. The van der Waals surface area contributed by atoms with Gasteiger partial charge < -0.3 is 30.0 Å². The van der Waals surface area contributed by atoms with Crippen LogP contribution in [-0.4, -0.2) is 51.6 Å². The largest absolute Gasteiger partial charge is 0.493 e. The fraction of sp³-hybridized carbons (Fsp3) is 0.412. The van der Waals surface area contributed by atoms with Crippen LogP contribution < -0.4 is 20.5 Å². The van der Waals surface area contributed by atoms with E-state index in [0.717, 1.165) is 44.2 Å². The molecule has 4 N–H and O–H groups in total. The molecule has 4 heterocycles. The standard InChI is InChI=1S/C34H36FN5O5/c1-33(32(36)42)18-45-29-24(33)14-27(39-28(29)20-9-11-23(35)12-10-20)34(43,22-5-3-4-6-22)17-37-31(41)21-13-26(44-2)30-38-25(19-7-8-19)16-40(30)15-21/h9-16,19,22,43H,3-8,17-18H2,1-2H3,(H2,36,42)(H,37,41)/t33-,34+/m0/s1. The van der Waals surface area contributed by atoms with Gasteiger partial charge in [0.05, 0.1) is 30.6 Å². The molecule has 2 atom stereocenters. The molecule has 1 aliphatic heterocycles. The number of carbonyl (C=O) groups excluding carboxylic acids is 2. The second-order valence-electron chi connectivity index (χ2n) is 12.8. The van der Waals surface area contributed by atoms with E-state index in [1.807, 2.05) is 10.6 Å². The average molecular weight is 614 g/mol. The minimum absolute atomic E-state index is 0.0105. The monoisotopic (exact) mass is 613 g/mol. The molecule has 4 aromatic rings. The van der Waals surface area contributed by atoms with Crippen molar-refractivity contribution in [3.63, 3.8) is 0 Å². The Kier molecular flexibility index (Phi) is 7.03. The van der Waals surface area contributed by atoms with E-state index in [-0.39, 0.29) is 19.1 Å². The Morgan fingerprint density at radius 3 is 2.56 bits per heavy atom. The molecule has 2 fully saturated rings. The molecule has 234 valence electrons. The van der Waals surface area contributed by atoms with Crippen molar-refractivity contribution in [3.05, 3.63) is 77.1 Å². The summed E-state index contributed by atoms with van der Waals surface area (Å²) in [5.74, 6) is -0.290. The summed E-state index contributed by atoms with van der Waals surface area (Å²) in [6.07, 6.45) is 9.18. The topological polar surface area (TPSA) is 141 Å². The third kappa shape index (κ3) is 4.99. The third-order valence-electron chi connectivity index (χ3n) is 9.74. The summed E-state index contributed by atoms with van der Waals surface area (Å²) in [5, 5.41) is 15.5. The number of hydrogen-bond donors (Lipinski definition) is 3.